The first-order valence-electron chi connectivity index (χ1n) is 13.4. The molecule has 2 aromatic carbocycles. The van der Waals surface area contributed by atoms with Gasteiger partial charge in [0.15, 0.2) is 0 Å². The molecule has 0 radical (unpaired) electrons. The number of ether oxygens (including phenoxy) is 1. The Hall–Kier alpha value is -3.06. The largest absolute Gasteiger partial charge is 0.444 e. The minimum Gasteiger partial charge on any atom is -0.444 e. The number of alkyl carbamates (subject to hydrolysis) is 1. The summed E-state index contributed by atoms with van der Waals surface area (Å²) >= 11 is 6.43. The van der Waals surface area contributed by atoms with Crippen molar-refractivity contribution in [2.45, 2.75) is 91.0 Å². The number of rotatable bonds is 9. The molecule has 38 heavy (non-hydrogen) atoms. The molecule has 8 heteroatoms. The minimum absolute atomic E-state index is 0.127. The number of nitrogens with one attached hydrogen (secondary N) is 2. The third-order valence-corrected chi connectivity index (χ3v) is 7.30. The van der Waals surface area contributed by atoms with Crippen LogP contribution in [-0.4, -0.2) is 40.5 Å². The van der Waals surface area contributed by atoms with Gasteiger partial charge >= 0.3 is 6.09 Å². The lowest BCUT2D eigenvalue weighted by molar-refractivity contribution is -0.147. The number of hydrogen-bond acceptors (Lipinski definition) is 4. The fourth-order valence-corrected chi connectivity index (χ4v) is 4.79. The highest BCUT2D eigenvalue weighted by Crippen LogP contribution is 2.36. The first-order chi connectivity index (χ1) is 17.9. The summed E-state index contributed by atoms with van der Waals surface area (Å²) in [5.41, 5.74) is 1.32. The second-order valence-electron chi connectivity index (χ2n) is 11.1. The van der Waals surface area contributed by atoms with Gasteiger partial charge in [-0.25, -0.2) is 4.79 Å². The van der Waals surface area contributed by atoms with E-state index in [2.05, 4.69) is 10.6 Å². The van der Waals surface area contributed by atoms with Gasteiger partial charge in [-0.3, -0.25) is 9.59 Å². The summed E-state index contributed by atoms with van der Waals surface area (Å²) in [5, 5.41) is 6.23. The molecule has 3 rings (SSSR count). The van der Waals surface area contributed by atoms with E-state index in [4.69, 9.17) is 16.3 Å². The number of benzene rings is 2. The zero-order valence-electron chi connectivity index (χ0n) is 23.2. The van der Waals surface area contributed by atoms with Crippen LogP contribution < -0.4 is 10.6 Å². The van der Waals surface area contributed by atoms with Crippen LogP contribution in [0.4, 0.5) is 10.5 Å². The number of para-hydroxylation sites is 1. The molecule has 7 nitrogen and oxygen atoms in total. The number of amides is 3. The molecule has 0 heterocycles. The molecular formula is C30H40ClN3O4. The Morgan fingerprint density at radius 3 is 2.26 bits per heavy atom. The van der Waals surface area contributed by atoms with Crippen molar-refractivity contribution in [3.05, 3.63) is 64.7 Å². The highest BCUT2D eigenvalue weighted by Gasteiger charge is 2.43. The SMILES string of the molecule is CCC(C)C(NC(=O)OC(C)(C)C)C(=O)N(C1CCC1)C(C(=O)Nc1c(C)cccc1Cl)c1ccccc1. The van der Waals surface area contributed by atoms with Crippen molar-refractivity contribution in [1.29, 1.82) is 0 Å². The van der Waals surface area contributed by atoms with Gasteiger partial charge in [-0.05, 0) is 70.1 Å². The maximum Gasteiger partial charge on any atom is 0.408 e. The van der Waals surface area contributed by atoms with E-state index in [1.807, 2.05) is 63.2 Å². The summed E-state index contributed by atoms with van der Waals surface area (Å²) < 4.78 is 5.48. The lowest BCUT2D eigenvalue weighted by Gasteiger charge is -2.44. The van der Waals surface area contributed by atoms with Crippen LogP contribution in [-0.2, 0) is 14.3 Å². The predicted molar refractivity (Wildman–Crippen MR) is 151 cm³/mol. The molecule has 2 N–H and O–H groups in total. The molecule has 206 valence electrons. The van der Waals surface area contributed by atoms with E-state index in [0.717, 1.165) is 24.8 Å². The number of aryl methyl sites for hydroxylation is 1. The van der Waals surface area contributed by atoms with Gasteiger partial charge in [0.25, 0.3) is 5.91 Å². The number of nitrogens with zero attached hydrogens (tertiary/aromatic N) is 1. The van der Waals surface area contributed by atoms with Gasteiger partial charge in [-0.1, -0.05) is 74.3 Å². The Balaban J connectivity index is 2.03. The van der Waals surface area contributed by atoms with Crippen molar-refractivity contribution < 1.29 is 19.1 Å². The van der Waals surface area contributed by atoms with Crippen molar-refractivity contribution in [2.24, 2.45) is 5.92 Å². The first-order valence-corrected chi connectivity index (χ1v) is 13.7. The van der Waals surface area contributed by atoms with E-state index >= 15 is 0 Å². The summed E-state index contributed by atoms with van der Waals surface area (Å²) in [6, 6.07) is 12.8. The van der Waals surface area contributed by atoms with Gasteiger partial charge in [0, 0.05) is 6.04 Å². The minimum atomic E-state index is -0.906. The Morgan fingerprint density at radius 1 is 1.08 bits per heavy atom. The number of carbonyl (C=O) groups excluding carboxylic acids is 3. The van der Waals surface area contributed by atoms with Crippen LogP contribution in [0, 0.1) is 12.8 Å². The summed E-state index contributed by atoms with van der Waals surface area (Å²) in [6.45, 7) is 11.1. The molecule has 3 atom stereocenters. The summed E-state index contributed by atoms with van der Waals surface area (Å²) in [6.07, 6.45) is 2.54. The molecule has 1 saturated carbocycles. The van der Waals surface area contributed by atoms with Crippen molar-refractivity contribution in [2.75, 3.05) is 5.32 Å². The molecule has 0 bridgehead atoms. The molecule has 1 aliphatic rings. The molecule has 1 aliphatic carbocycles. The van der Waals surface area contributed by atoms with Gasteiger partial charge in [-0.2, -0.15) is 0 Å². The molecule has 2 aromatic rings. The van der Waals surface area contributed by atoms with Crippen LogP contribution in [0.5, 0.6) is 0 Å². The number of hydrogen-bond donors (Lipinski definition) is 2. The molecule has 0 spiro atoms. The molecule has 0 aliphatic heterocycles. The van der Waals surface area contributed by atoms with E-state index in [0.29, 0.717) is 22.7 Å². The van der Waals surface area contributed by atoms with E-state index in [1.165, 1.54) is 0 Å². The average Bonchev–Trinajstić information content (AvgIpc) is 2.82. The summed E-state index contributed by atoms with van der Waals surface area (Å²) in [5.74, 6) is -0.828. The van der Waals surface area contributed by atoms with Gasteiger partial charge in [0.05, 0.1) is 10.7 Å². The zero-order chi connectivity index (χ0) is 28.0. The normalized spacial score (nSPS) is 16.0. The van der Waals surface area contributed by atoms with Gasteiger partial charge < -0.3 is 20.3 Å². The molecule has 0 aromatic heterocycles. The number of carbonyl (C=O) groups is 3. The van der Waals surface area contributed by atoms with Crippen LogP contribution >= 0.6 is 11.6 Å². The van der Waals surface area contributed by atoms with E-state index in [1.54, 1.807) is 31.7 Å². The van der Waals surface area contributed by atoms with Gasteiger partial charge in [-0.15, -0.1) is 0 Å². The fourth-order valence-electron chi connectivity index (χ4n) is 4.52. The Bertz CT molecular complexity index is 1110. The van der Waals surface area contributed by atoms with Gasteiger partial charge in [0.1, 0.15) is 17.7 Å². The van der Waals surface area contributed by atoms with E-state index in [-0.39, 0.29) is 23.8 Å². The lowest BCUT2D eigenvalue weighted by atomic mass is 9.86. The standard InChI is InChI=1S/C30H40ClN3O4/c1-7-19(2)25(33-29(37)38-30(4,5)6)28(36)34(22-16-12-17-22)26(21-14-9-8-10-15-21)27(35)32-24-20(3)13-11-18-23(24)31/h8-11,13-15,18-19,22,25-26H,7,12,16-17H2,1-6H3,(H,32,35)(H,33,37). The second-order valence-corrected chi connectivity index (χ2v) is 11.5. The topological polar surface area (TPSA) is 87.7 Å². The van der Waals surface area contributed by atoms with Crippen molar-refractivity contribution in [3.63, 3.8) is 0 Å². The zero-order valence-corrected chi connectivity index (χ0v) is 24.0. The Morgan fingerprint density at radius 2 is 1.74 bits per heavy atom. The second kappa shape index (κ2) is 12.7. The Kier molecular flexibility index (Phi) is 9.82. The van der Waals surface area contributed by atoms with Crippen LogP contribution in [0.15, 0.2) is 48.5 Å². The van der Waals surface area contributed by atoms with Crippen molar-refractivity contribution in [1.82, 2.24) is 10.2 Å². The first kappa shape index (κ1) is 29.5. The Labute approximate surface area is 231 Å². The van der Waals surface area contributed by atoms with E-state index in [9.17, 15) is 14.4 Å². The predicted octanol–water partition coefficient (Wildman–Crippen LogP) is 6.65. The van der Waals surface area contributed by atoms with E-state index < -0.39 is 23.8 Å². The fraction of sp³-hybridized carbons (Fsp3) is 0.500. The molecule has 3 unspecified atom stereocenters. The van der Waals surface area contributed by atoms with Crippen molar-refractivity contribution >= 4 is 35.2 Å². The molecular weight excluding hydrogens is 502 g/mol. The maximum atomic E-state index is 14.3. The van der Waals surface area contributed by atoms with Gasteiger partial charge in [0.2, 0.25) is 5.91 Å². The monoisotopic (exact) mass is 541 g/mol. The number of anilines is 1. The third-order valence-electron chi connectivity index (χ3n) is 6.99. The van der Waals surface area contributed by atoms with Crippen molar-refractivity contribution in [3.8, 4) is 0 Å². The summed E-state index contributed by atoms with van der Waals surface area (Å²) in [7, 11) is 0. The highest BCUT2D eigenvalue weighted by molar-refractivity contribution is 6.34. The third kappa shape index (κ3) is 7.28. The van der Waals surface area contributed by atoms with Crippen LogP contribution in [0.2, 0.25) is 5.02 Å². The number of halogens is 1. The van der Waals surface area contributed by atoms with Crippen LogP contribution in [0.3, 0.4) is 0 Å². The van der Waals surface area contributed by atoms with Crippen LogP contribution in [0.25, 0.3) is 0 Å². The molecule has 0 saturated heterocycles. The summed E-state index contributed by atoms with van der Waals surface area (Å²) in [4.78, 5) is 42.8. The lowest BCUT2D eigenvalue weighted by Crippen LogP contribution is -2.58. The molecule has 3 amide bonds. The molecule has 1 fully saturated rings. The quantitative estimate of drug-likeness (QED) is 0.372. The average molecular weight is 542 g/mol. The van der Waals surface area contributed by atoms with Crippen LogP contribution in [0.1, 0.15) is 77.5 Å². The maximum absolute atomic E-state index is 14.3. The smallest absolute Gasteiger partial charge is 0.408 e. The highest BCUT2D eigenvalue weighted by atomic mass is 35.5.